The lowest BCUT2D eigenvalue weighted by Gasteiger charge is -2.20. The lowest BCUT2D eigenvalue weighted by molar-refractivity contribution is -0.126. The molecule has 0 fully saturated rings. The lowest BCUT2D eigenvalue weighted by Crippen LogP contribution is -2.23. The Morgan fingerprint density at radius 1 is 1.58 bits per heavy atom. The Bertz CT molecular complexity index is 191. The summed E-state index contributed by atoms with van der Waals surface area (Å²) in [6, 6.07) is 1.84. The van der Waals surface area contributed by atoms with Crippen LogP contribution in [0.15, 0.2) is 0 Å². The fourth-order valence-corrected chi connectivity index (χ4v) is 0.971. The van der Waals surface area contributed by atoms with Crippen molar-refractivity contribution in [3.63, 3.8) is 0 Å². The first-order valence-corrected chi connectivity index (χ1v) is 4.05. The molecule has 3 heteroatoms. The number of carbonyl (C=O) groups is 1. The highest BCUT2D eigenvalue weighted by atomic mass is 16.2. The molecule has 0 saturated carbocycles. The standard InChI is InChI=1S/C9H15NO2/c1-9(2,5-3-7-11)8(12)4-6-10/h11H,3-5,7H2,1-2H3. The molecular formula is C9H15NO2. The van der Waals surface area contributed by atoms with Crippen LogP contribution < -0.4 is 0 Å². The first-order valence-electron chi connectivity index (χ1n) is 4.05. The van der Waals surface area contributed by atoms with Crippen molar-refractivity contribution in [2.24, 2.45) is 5.41 Å². The summed E-state index contributed by atoms with van der Waals surface area (Å²) in [5.74, 6) is -0.0431. The van der Waals surface area contributed by atoms with E-state index in [2.05, 4.69) is 0 Å². The molecule has 0 atom stereocenters. The van der Waals surface area contributed by atoms with Gasteiger partial charge in [-0.15, -0.1) is 0 Å². The number of aliphatic hydroxyl groups is 1. The molecule has 1 N–H and O–H groups in total. The topological polar surface area (TPSA) is 61.1 Å². The number of hydrogen-bond acceptors (Lipinski definition) is 3. The summed E-state index contributed by atoms with van der Waals surface area (Å²) >= 11 is 0. The number of hydrogen-bond donors (Lipinski definition) is 1. The molecule has 0 bridgehead atoms. The minimum absolute atomic E-state index is 0.0293. The summed E-state index contributed by atoms with van der Waals surface area (Å²) < 4.78 is 0. The molecule has 0 heterocycles. The fraction of sp³-hybridized carbons (Fsp3) is 0.778. The number of carbonyl (C=O) groups excluding carboxylic acids is 1. The highest BCUT2D eigenvalue weighted by Gasteiger charge is 2.25. The average molecular weight is 169 g/mol. The normalized spacial score (nSPS) is 10.8. The highest BCUT2D eigenvalue weighted by molar-refractivity contribution is 5.85. The van der Waals surface area contributed by atoms with Crippen LogP contribution in [-0.2, 0) is 4.79 Å². The van der Waals surface area contributed by atoms with E-state index in [1.807, 2.05) is 19.9 Å². The lowest BCUT2D eigenvalue weighted by atomic mass is 9.82. The Morgan fingerprint density at radius 3 is 2.58 bits per heavy atom. The maximum absolute atomic E-state index is 11.3. The van der Waals surface area contributed by atoms with E-state index in [1.54, 1.807) is 0 Å². The molecule has 0 aromatic heterocycles. The van der Waals surface area contributed by atoms with Gasteiger partial charge in [-0.25, -0.2) is 0 Å². The van der Waals surface area contributed by atoms with Crippen LogP contribution in [0, 0.1) is 16.7 Å². The molecule has 3 nitrogen and oxygen atoms in total. The van der Waals surface area contributed by atoms with Gasteiger partial charge in [-0.05, 0) is 12.8 Å². The van der Waals surface area contributed by atoms with Crippen LogP contribution in [0.1, 0.15) is 33.1 Å². The van der Waals surface area contributed by atoms with Crippen LogP contribution >= 0.6 is 0 Å². The van der Waals surface area contributed by atoms with Gasteiger partial charge in [0.05, 0.1) is 12.5 Å². The predicted octanol–water partition coefficient (Wildman–Crippen LogP) is 1.27. The third kappa shape index (κ3) is 3.49. The zero-order valence-corrected chi connectivity index (χ0v) is 7.63. The Morgan fingerprint density at radius 2 is 2.17 bits per heavy atom. The van der Waals surface area contributed by atoms with Crippen LogP contribution in [-0.4, -0.2) is 17.5 Å². The molecule has 0 amide bonds. The first kappa shape index (κ1) is 11.1. The monoisotopic (exact) mass is 169 g/mol. The fourth-order valence-electron chi connectivity index (χ4n) is 0.971. The van der Waals surface area contributed by atoms with E-state index in [-0.39, 0.29) is 18.8 Å². The Labute approximate surface area is 73.0 Å². The third-order valence-electron chi connectivity index (χ3n) is 1.95. The highest BCUT2D eigenvalue weighted by Crippen LogP contribution is 2.24. The van der Waals surface area contributed by atoms with E-state index in [0.29, 0.717) is 12.8 Å². The third-order valence-corrected chi connectivity index (χ3v) is 1.95. The zero-order chi connectivity index (χ0) is 9.61. The average Bonchev–Trinajstić information content (AvgIpc) is 2.01. The number of rotatable bonds is 5. The first-order chi connectivity index (χ1) is 5.54. The molecule has 12 heavy (non-hydrogen) atoms. The SMILES string of the molecule is CC(C)(CCCO)C(=O)CC#N. The summed E-state index contributed by atoms with van der Waals surface area (Å²) in [6.45, 7) is 3.72. The zero-order valence-electron chi connectivity index (χ0n) is 7.63. The molecular weight excluding hydrogens is 154 g/mol. The van der Waals surface area contributed by atoms with E-state index >= 15 is 0 Å². The van der Waals surface area contributed by atoms with Gasteiger partial charge < -0.3 is 5.11 Å². The summed E-state index contributed by atoms with van der Waals surface area (Å²) in [5, 5.41) is 16.9. The Hall–Kier alpha value is -0.880. The smallest absolute Gasteiger partial charge is 0.152 e. The minimum atomic E-state index is -0.460. The quantitative estimate of drug-likeness (QED) is 0.674. The van der Waals surface area contributed by atoms with Gasteiger partial charge in [-0.3, -0.25) is 4.79 Å². The number of aliphatic hydroxyl groups excluding tert-OH is 1. The molecule has 0 spiro atoms. The van der Waals surface area contributed by atoms with Crippen molar-refractivity contribution in [1.82, 2.24) is 0 Å². The Kier molecular flexibility index (Phi) is 4.53. The van der Waals surface area contributed by atoms with Gasteiger partial charge in [-0.2, -0.15) is 5.26 Å². The van der Waals surface area contributed by atoms with E-state index in [1.165, 1.54) is 0 Å². The van der Waals surface area contributed by atoms with Gasteiger partial charge in [0.25, 0.3) is 0 Å². The second kappa shape index (κ2) is 4.89. The predicted molar refractivity (Wildman–Crippen MR) is 45.3 cm³/mol. The van der Waals surface area contributed by atoms with Gasteiger partial charge in [0.2, 0.25) is 0 Å². The van der Waals surface area contributed by atoms with Gasteiger partial charge in [0, 0.05) is 12.0 Å². The van der Waals surface area contributed by atoms with Gasteiger partial charge >= 0.3 is 0 Å². The maximum Gasteiger partial charge on any atom is 0.152 e. The second-order valence-electron chi connectivity index (χ2n) is 3.47. The van der Waals surface area contributed by atoms with Crippen molar-refractivity contribution >= 4 is 5.78 Å². The van der Waals surface area contributed by atoms with Crippen LogP contribution in [0.3, 0.4) is 0 Å². The molecule has 68 valence electrons. The molecule has 0 aromatic rings. The van der Waals surface area contributed by atoms with Gasteiger partial charge in [0.15, 0.2) is 5.78 Å². The van der Waals surface area contributed by atoms with Crippen LogP contribution in [0.2, 0.25) is 0 Å². The maximum atomic E-state index is 11.3. The van der Waals surface area contributed by atoms with Crippen LogP contribution in [0.25, 0.3) is 0 Å². The number of Topliss-reactive ketones (excluding diaryl/α,β-unsaturated/α-hetero) is 1. The molecule has 0 aliphatic rings. The van der Waals surface area contributed by atoms with E-state index in [0.717, 1.165) is 0 Å². The molecule has 0 aromatic carbocycles. The molecule has 0 unspecified atom stereocenters. The number of nitrogens with zero attached hydrogens (tertiary/aromatic N) is 1. The summed E-state index contributed by atoms with van der Waals surface area (Å²) in [5.41, 5.74) is -0.460. The number of nitriles is 1. The van der Waals surface area contributed by atoms with Crippen molar-refractivity contribution in [3.05, 3.63) is 0 Å². The summed E-state index contributed by atoms with van der Waals surface area (Å²) in [7, 11) is 0. The van der Waals surface area contributed by atoms with E-state index in [9.17, 15) is 4.79 Å². The number of ketones is 1. The Balaban J connectivity index is 4.01. The van der Waals surface area contributed by atoms with Crippen molar-refractivity contribution in [2.45, 2.75) is 33.1 Å². The van der Waals surface area contributed by atoms with Crippen molar-refractivity contribution in [1.29, 1.82) is 5.26 Å². The van der Waals surface area contributed by atoms with Gasteiger partial charge in [-0.1, -0.05) is 13.8 Å². The molecule has 0 rings (SSSR count). The van der Waals surface area contributed by atoms with E-state index in [4.69, 9.17) is 10.4 Å². The molecule has 0 aliphatic heterocycles. The van der Waals surface area contributed by atoms with E-state index < -0.39 is 5.41 Å². The molecule has 0 aliphatic carbocycles. The van der Waals surface area contributed by atoms with Crippen molar-refractivity contribution in [3.8, 4) is 6.07 Å². The largest absolute Gasteiger partial charge is 0.396 e. The van der Waals surface area contributed by atoms with Gasteiger partial charge in [0.1, 0.15) is 0 Å². The van der Waals surface area contributed by atoms with Crippen molar-refractivity contribution < 1.29 is 9.90 Å². The summed E-state index contributed by atoms with van der Waals surface area (Å²) in [6.07, 6.45) is 1.23. The summed E-state index contributed by atoms with van der Waals surface area (Å²) in [4.78, 5) is 11.3. The molecule has 0 radical (unpaired) electrons. The van der Waals surface area contributed by atoms with Crippen LogP contribution in [0.5, 0.6) is 0 Å². The van der Waals surface area contributed by atoms with Crippen LogP contribution in [0.4, 0.5) is 0 Å². The second-order valence-corrected chi connectivity index (χ2v) is 3.47. The molecule has 0 saturated heterocycles. The minimum Gasteiger partial charge on any atom is -0.396 e. The van der Waals surface area contributed by atoms with Crippen molar-refractivity contribution in [2.75, 3.05) is 6.61 Å².